The molecule has 4 rings (SSSR count). The van der Waals surface area contributed by atoms with Crippen LogP contribution in [0.15, 0.2) is 53.4 Å². The lowest BCUT2D eigenvalue weighted by Crippen LogP contribution is -2.39. The Bertz CT molecular complexity index is 1020. The summed E-state index contributed by atoms with van der Waals surface area (Å²) in [6.45, 7) is 5.45. The molecule has 7 heteroatoms. The molecular weight excluding hydrogens is 412 g/mol. The first-order valence-electron chi connectivity index (χ1n) is 10.9. The van der Waals surface area contributed by atoms with Gasteiger partial charge >= 0.3 is 0 Å². The highest BCUT2D eigenvalue weighted by Gasteiger charge is 2.51. The second-order valence-corrected chi connectivity index (χ2v) is 10.5. The molecule has 1 atom stereocenters. The zero-order valence-corrected chi connectivity index (χ0v) is 18.9. The normalized spacial score (nSPS) is 19.9. The van der Waals surface area contributed by atoms with Gasteiger partial charge in [0.05, 0.1) is 16.4 Å². The summed E-state index contributed by atoms with van der Waals surface area (Å²) in [4.78, 5) is 13.0. The molecule has 2 N–H and O–H groups in total. The number of amides is 1. The smallest absolute Gasteiger partial charge is 0.261 e. The molecule has 1 saturated heterocycles. The van der Waals surface area contributed by atoms with Crippen molar-refractivity contribution in [3.8, 4) is 0 Å². The fourth-order valence-electron chi connectivity index (χ4n) is 4.06. The Morgan fingerprint density at radius 2 is 1.77 bits per heavy atom. The predicted octanol–water partition coefficient (Wildman–Crippen LogP) is 3.94. The maximum Gasteiger partial charge on any atom is 0.261 e. The number of hydrogen-bond donors (Lipinski definition) is 2. The van der Waals surface area contributed by atoms with Gasteiger partial charge in [0, 0.05) is 18.8 Å². The van der Waals surface area contributed by atoms with Crippen LogP contribution in [-0.4, -0.2) is 33.6 Å². The lowest BCUT2D eigenvalue weighted by Gasteiger charge is -2.18. The zero-order chi connectivity index (χ0) is 22.1. The van der Waals surface area contributed by atoms with Crippen LogP contribution in [0.25, 0.3) is 0 Å². The molecular formula is C24H30N2O4S. The Kier molecular flexibility index (Phi) is 6.08. The van der Waals surface area contributed by atoms with Crippen LogP contribution < -0.4 is 10.0 Å². The van der Waals surface area contributed by atoms with Crippen LogP contribution in [0.1, 0.15) is 56.6 Å². The molecule has 1 amide bonds. The molecule has 2 aromatic rings. The molecule has 2 aromatic carbocycles. The van der Waals surface area contributed by atoms with Gasteiger partial charge in [-0.3, -0.25) is 9.52 Å². The minimum absolute atomic E-state index is 0.0292. The van der Waals surface area contributed by atoms with Crippen molar-refractivity contribution in [2.24, 2.45) is 0 Å². The number of benzene rings is 2. The average molecular weight is 443 g/mol. The van der Waals surface area contributed by atoms with Crippen molar-refractivity contribution in [3.63, 3.8) is 0 Å². The Morgan fingerprint density at radius 1 is 1.10 bits per heavy atom. The SMILES string of the molecule is CC(C)c1ccc(S(=O)(=O)Nc2ccc(C3(C(=O)NCC4CCCO4)CC3)cc2)cc1. The van der Waals surface area contributed by atoms with Crippen molar-refractivity contribution in [1.29, 1.82) is 0 Å². The van der Waals surface area contributed by atoms with Gasteiger partial charge < -0.3 is 10.1 Å². The molecule has 2 fully saturated rings. The molecule has 2 aliphatic rings. The maximum absolute atomic E-state index is 12.8. The Labute approximate surface area is 184 Å². The van der Waals surface area contributed by atoms with Crippen LogP contribution >= 0.6 is 0 Å². The van der Waals surface area contributed by atoms with Crippen molar-refractivity contribution >= 4 is 21.6 Å². The minimum Gasteiger partial charge on any atom is -0.376 e. The summed E-state index contributed by atoms with van der Waals surface area (Å²) in [5.41, 5.74) is 1.99. The van der Waals surface area contributed by atoms with Crippen molar-refractivity contribution in [2.75, 3.05) is 17.9 Å². The third-order valence-electron chi connectivity index (χ3n) is 6.25. The lowest BCUT2D eigenvalue weighted by molar-refractivity contribution is -0.124. The Balaban J connectivity index is 1.41. The fourth-order valence-corrected chi connectivity index (χ4v) is 5.11. The van der Waals surface area contributed by atoms with Gasteiger partial charge in [-0.1, -0.05) is 38.1 Å². The monoisotopic (exact) mass is 442 g/mol. The molecule has 0 aromatic heterocycles. The highest BCUT2D eigenvalue weighted by Crippen LogP contribution is 2.48. The molecule has 1 saturated carbocycles. The second-order valence-electron chi connectivity index (χ2n) is 8.83. The van der Waals surface area contributed by atoms with E-state index in [-0.39, 0.29) is 16.9 Å². The van der Waals surface area contributed by atoms with E-state index in [4.69, 9.17) is 4.74 Å². The zero-order valence-electron chi connectivity index (χ0n) is 18.1. The van der Waals surface area contributed by atoms with E-state index in [2.05, 4.69) is 23.9 Å². The highest BCUT2D eigenvalue weighted by molar-refractivity contribution is 7.92. The quantitative estimate of drug-likeness (QED) is 0.649. The number of carbonyl (C=O) groups is 1. The number of carbonyl (C=O) groups excluding carboxylic acids is 1. The van der Waals surface area contributed by atoms with Gasteiger partial charge in [-0.25, -0.2) is 8.42 Å². The second kappa shape index (κ2) is 8.63. The Morgan fingerprint density at radius 3 is 2.32 bits per heavy atom. The predicted molar refractivity (Wildman–Crippen MR) is 121 cm³/mol. The van der Waals surface area contributed by atoms with Crippen molar-refractivity contribution in [1.82, 2.24) is 5.32 Å². The summed E-state index contributed by atoms with van der Waals surface area (Å²) < 4.78 is 33.6. The summed E-state index contributed by atoms with van der Waals surface area (Å²) in [7, 11) is -3.67. The van der Waals surface area contributed by atoms with Gasteiger partial charge in [-0.05, 0) is 67.0 Å². The third kappa shape index (κ3) is 4.77. The number of sulfonamides is 1. The van der Waals surface area contributed by atoms with Crippen molar-refractivity contribution < 1.29 is 17.9 Å². The van der Waals surface area contributed by atoms with E-state index in [1.807, 2.05) is 24.3 Å². The average Bonchev–Trinajstić information content (AvgIpc) is 3.40. The van der Waals surface area contributed by atoms with E-state index in [1.165, 1.54) is 0 Å². The van der Waals surface area contributed by atoms with E-state index < -0.39 is 15.4 Å². The van der Waals surface area contributed by atoms with Gasteiger partial charge in [-0.15, -0.1) is 0 Å². The lowest BCUT2D eigenvalue weighted by atomic mass is 9.94. The van der Waals surface area contributed by atoms with E-state index in [0.29, 0.717) is 18.2 Å². The molecule has 166 valence electrons. The van der Waals surface area contributed by atoms with Crippen LogP contribution in [-0.2, 0) is 25.0 Å². The molecule has 1 aliphatic carbocycles. The number of anilines is 1. The molecule has 0 spiro atoms. The standard InChI is InChI=1S/C24H30N2O4S/c1-17(2)18-5-11-22(12-6-18)31(28,29)26-20-9-7-19(8-10-20)24(13-14-24)23(27)25-16-21-4-3-15-30-21/h5-12,17,21,26H,3-4,13-16H2,1-2H3,(H,25,27). The first-order valence-corrected chi connectivity index (χ1v) is 12.4. The topological polar surface area (TPSA) is 84.5 Å². The number of nitrogens with one attached hydrogen (secondary N) is 2. The van der Waals surface area contributed by atoms with E-state index in [0.717, 1.165) is 43.4 Å². The van der Waals surface area contributed by atoms with Crippen LogP contribution in [0.4, 0.5) is 5.69 Å². The Hall–Kier alpha value is -2.38. The number of hydrogen-bond acceptors (Lipinski definition) is 4. The number of rotatable bonds is 8. The third-order valence-corrected chi connectivity index (χ3v) is 7.64. The van der Waals surface area contributed by atoms with Gasteiger partial charge in [0.1, 0.15) is 0 Å². The minimum atomic E-state index is -3.67. The summed E-state index contributed by atoms with van der Waals surface area (Å²) in [5.74, 6) is 0.372. The molecule has 0 radical (unpaired) electrons. The van der Waals surface area contributed by atoms with Crippen LogP contribution in [0.3, 0.4) is 0 Å². The first-order chi connectivity index (χ1) is 14.8. The summed E-state index contributed by atoms with van der Waals surface area (Å²) >= 11 is 0. The number of ether oxygens (including phenoxy) is 1. The van der Waals surface area contributed by atoms with Gasteiger partial charge in [0.15, 0.2) is 0 Å². The van der Waals surface area contributed by atoms with E-state index >= 15 is 0 Å². The van der Waals surface area contributed by atoms with Crippen molar-refractivity contribution in [2.45, 2.75) is 61.9 Å². The summed E-state index contributed by atoms with van der Waals surface area (Å²) in [6.07, 6.45) is 3.76. The molecule has 1 heterocycles. The molecule has 1 unspecified atom stereocenters. The van der Waals surface area contributed by atoms with Crippen LogP contribution in [0.2, 0.25) is 0 Å². The fraction of sp³-hybridized carbons (Fsp3) is 0.458. The molecule has 6 nitrogen and oxygen atoms in total. The van der Waals surface area contributed by atoms with E-state index in [9.17, 15) is 13.2 Å². The largest absolute Gasteiger partial charge is 0.376 e. The molecule has 0 bridgehead atoms. The van der Waals surface area contributed by atoms with Crippen molar-refractivity contribution in [3.05, 3.63) is 59.7 Å². The van der Waals surface area contributed by atoms with E-state index in [1.54, 1.807) is 24.3 Å². The molecule has 31 heavy (non-hydrogen) atoms. The van der Waals surface area contributed by atoms with Crippen LogP contribution in [0.5, 0.6) is 0 Å². The highest BCUT2D eigenvalue weighted by atomic mass is 32.2. The van der Waals surface area contributed by atoms with Crippen LogP contribution in [0, 0.1) is 0 Å². The first kappa shape index (κ1) is 21.8. The summed E-state index contributed by atoms with van der Waals surface area (Å²) in [6, 6.07) is 14.1. The van der Waals surface area contributed by atoms with Gasteiger partial charge in [-0.2, -0.15) is 0 Å². The molecule has 1 aliphatic heterocycles. The van der Waals surface area contributed by atoms with Gasteiger partial charge in [0.2, 0.25) is 5.91 Å². The van der Waals surface area contributed by atoms with Gasteiger partial charge in [0.25, 0.3) is 10.0 Å². The maximum atomic E-state index is 12.8. The summed E-state index contributed by atoms with van der Waals surface area (Å²) in [5, 5.41) is 3.04.